The number of benzene rings is 1. The maximum Gasteiger partial charge on any atom is 0.171 e. The molecule has 1 aliphatic rings. The fourth-order valence-corrected chi connectivity index (χ4v) is 4.11. The summed E-state index contributed by atoms with van der Waals surface area (Å²) in [6.07, 6.45) is 8.06. The minimum atomic E-state index is -0.207. The van der Waals surface area contributed by atoms with Gasteiger partial charge < -0.3 is 9.53 Å². The third-order valence-electron chi connectivity index (χ3n) is 5.82. The molecule has 3 aromatic heterocycles. The summed E-state index contributed by atoms with van der Waals surface area (Å²) in [5, 5.41) is 8.34. The van der Waals surface area contributed by atoms with Crippen molar-refractivity contribution in [3.8, 4) is 16.9 Å². The second-order valence-corrected chi connectivity index (χ2v) is 7.95. The van der Waals surface area contributed by atoms with E-state index < -0.39 is 0 Å². The van der Waals surface area contributed by atoms with Crippen molar-refractivity contribution in [1.82, 2.24) is 24.6 Å². The van der Waals surface area contributed by atoms with Crippen LogP contribution in [0.25, 0.3) is 16.8 Å². The summed E-state index contributed by atoms with van der Waals surface area (Å²) in [6, 6.07) is 7.04. The summed E-state index contributed by atoms with van der Waals surface area (Å²) in [5.74, 6) is 1.48. The van der Waals surface area contributed by atoms with Crippen molar-refractivity contribution in [2.45, 2.75) is 39.0 Å². The molecule has 8 heteroatoms. The second kappa shape index (κ2) is 8.45. The summed E-state index contributed by atoms with van der Waals surface area (Å²) in [5.41, 5.74) is 4.88. The van der Waals surface area contributed by atoms with Gasteiger partial charge >= 0.3 is 0 Å². The van der Waals surface area contributed by atoms with Gasteiger partial charge in [0.15, 0.2) is 5.65 Å². The molecule has 0 saturated heterocycles. The van der Waals surface area contributed by atoms with Crippen LogP contribution >= 0.6 is 0 Å². The maximum absolute atomic E-state index is 14.5. The molecule has 0 radical (unpaired) electrons. The first-order chi connectivity index (χ1) is 15.6. The summed E-state index contributed by atoms with van der Waals surface area (Å²) in [6.45, 7) is 2.17. The van der Waals surface area contributed by atoms with Gasteiger partial charge in [0, 0.05) is 54.0 Å². The van der Waals surface area contributed by atoms with Gasteiger partial charge in [0.25, 0.3) is 0 Å². The van der Waals surface area contributed by atoms with Crippen LogP contribution < -0.4 is 4.74 Å². The van der Waals surface area contributed by atoms with Crippen molar-refractivity contribution in [3.63, 3.8) is 0 Å². The topological polar surface area (TPSA) is 82.3 Å². The SMILES string of the molecule is CC(=O)CCc1ccc(-c2cnc(CCc3c(F)ccc4c3CCO4)n3cnnc23)cn1. The Bertz CT molecular complexity index is 1300. The van der Waals surface area contributed by atoms with Crippen LogP contribution in [0.2, 0.25) is 0 Å². The lowest BCUT2D eigenvalue weighted by atomic mass is 10.00. The molecule has 0 spiro atoms. The number of carbonyl (C=O) groups excluding carboxylic acids is 1. The highest BCUT2D eigenvalue weighted by Crippen LogP contribution is 2.31. The van der Waals surface area contributed by atoms with Gasteiger partial charge in [-0.15, -0.1) is 10.2 Å². The molecule has 0 atom stereocenters. The second-order valence-electron chi connectivity index (χ2n) is 7.95. The van der Waals surface area contributed by atoms with Crippen LogP contribution in [0.3, 0.4) is 0 Å². The Labute approximate surface area is 184 Å². The molecule has 0 bridgehead atoms. The lowest BCUT2D eigenvalue weighted by molar-refractivity contribution is -0.117. The molecular formula is C24H22FN5O2. The van der Waals surface area contributed by atoms with E-state index in [1.807, 2.05) is 16.5 Å². The molecule has 0 fully saturated rings. The number of ether oxygens (including phenoxy) is 1. The van der Waals surface area contributed by atoms with Crippen LogP contribution in [0.5, 0.6) is 5.75 Å². The van der Waals surface area contributed by atoms with Crippen molar-refractivity contribution >= 4 is 11.4 Å². The molecule has 7 nitrogen and oxygen atoms in total. The summed E-state index contributed by atoms with van der Waals surface area (Å²) in [4.78, 5) is 20.3. The molecule has 1 aliphatic heterocycles. The zero-order valence-electron chi connectivity index (χ0n) is 17.7. The highest BCUT2D eigenvalue weighted by Gasteiger charge is 2.20. The number of hydrogen-bond donors (Lipinski definition) is 0. The first-order valence-electron chi connectivity index (χ1n) is 10.7. The molecular weight excluding hydrogens is 409 g/mol. The van der Waals surface area contributed by atoms with E-state index >= 15 is 0 Å². The number of pyridine rings is 1. The number of fused-ring (bicyclic) bond motifs is 2. The fraction of sp³-hybridized carbons (Fsp3) is 0.292. The number of aromatic nitrogens is 5. The average Bonchev–Trinajstić information content (AvgIpc) is 3.47. The Morgan fingerprint density at radius 3 is 2.84 bits per heavy atom. The Morgan fingerprint density at radius 1 is 1.12 bits per heavy atom. The first kappa shape index (κ1) is 20.2. The molecule has 162 valence electrons. The van der Waals surface area contributed by atoms with Crippen molar-refractivity contribution in [2.75, 3.05) is 6.61 Å². The Balaban J connectivity index is 1.40. The number of Topliss-reactive ketones (excluding diaryl/α,β-unsaturated/α-hetero) is 1. The lowest BCUT2D eigenvalue weighted by Crippen LogP contribution is -2.06. The van der Waals surface area contributed by atoms with Crippen molar-refractivity contribution in [1.29, 1.82) is 0 Å². The number of rotatable bonds is 7. The molecule has 5 rings (SSSR count). The smallest absolute Gasteiger partial charge is 0.171 e. The van der Waals surface area contributed by atoms with Crippen molar-refractivity contribution in [2.24, 2.45) is 0 Å². The number of hydrogen-bond acceptors (Lipinski definition) is 6. The molecule has 0 amide bonds. The summed E-state index contributed by atoms with van der Waals surface area (Å²) in [7, 11) is 0. The predicted octanol–water partition coefficient (Wildman–Crippen LogP) is 3.57. The van der Waals surface area contributed by atoms with Crippen LogP contribution in [0.1, 0.15) is 36.0 Å². The summed E-state index contributed by atoms with van der Waals surface area (Å²) < 4.78 is 21.9. The number of carbonyl (C=O) groups is 1. The largest absolute Gasteiger partial charge is 0.493 e. The Hall–Kier alpha value is -3.68. The number of aryl methyl sites for hydroxylation is 2. The molecule has 0 saturated carbocycles. The zero-order valence-corrected chi connectivity index (χ0v) is 17.7. The number of halogens is 1. The van der Waals surface area contributed by atoms with Gasteiger partial charge in [0.2, 0.25) is 0 Å². The van der Waals surface area contributed by atoms with Gasteiger partial charge in [-0.2, -0.15) is 0 Å². The maximum atomic E-state index is 14.5. The van der Waals surface area contributed by atoms with E-state index in [9.17, 15) is 9.18 Å². The molecule has 32 heavy (non-hydrogen) atoms. The summed E-state index contributed by atoms with van der Waals surface area (Å²) >= 11 is 0. The van der Waals surface area contributed by atoms with Gasteiger partial charge in [0.1, 0.15) is 29.5 Å². The predicted molar refractivity (Wildman–Crippen MR) is 116 cm³/mol. The molecule has 0 unspecified atom stereocenters. The quantitative estimate of drug-likeness (QED) is 0.445. The van der Waals surface area contributed by atoms with Gasteiger partial charge in [-0.3, -0.25) is 9.38 Å². The van der Waals surface area contributed by atoms with E-state index in [4.69, 9.17) is 4.74 Å². The van der Waals surface area contributed by atoms with Crippen LogP contribution in [0, 0.1) is 5.82 Å². The van der Waals surface area contributed by atoms with Crippen molar-refractivity contribution in [3.05, 3.63) is 71.4 Å². The van der Waals surface area contributed by atoms with Gasteiger partial charge in [-0.05, 0) is 43.5 Å². The van der Waals surface area contributed by atoms with Gasteiger partial charge in [-0.25, -0.2) is 9.37 Å². The van der Waals surface area contributed by atoms with E-state index in [0.717, 1.165) is 40.4 Å². The van der Waals surface area contributed by atoms with Gasteiger partial charge in [-0.1, -0.05) is 6.07 Å². The van der Waals surface area contributed by atoms with Crippen molar-refractivity contribution < 1.29 is 13.9 Å². The van der Waals surface area contributed by atoms with Gasteiger partial charge in [0.05, 0.1) is 6.61 Å². The minimum absolute atomic E-state index is 0.147. The van der Waals surface area contributed by atoms with E-state index in [1.54, 1.807) is 31.7 Å². The van der Waals surface area contributed by atoms with E-state index in [-0.39, 0.29) is 11.6 Å². The number of ketones is 1. The standard InChI is InChI=1S/C24H22FN5O2/c1-15(31)2-4-17-5-3-16(12-26-17)20-13-27-23(30-14-28-29-24(20)30)9-6-18-19-10-11-32-22(19)8-7-21(18)25/h3,5,7-8,12-14H,2,4,6,9-11H2,1H3. The lowest BCUT2D eigenvalue weighted by Gasteiger charge is -2.11. The minimum Gasteiger partial charge on any atom is -0.493 e. The first-order valence-corrected chi connectivity index (χ1v) is 10.7. The molecule has 4 aromatic rings. The molecule has 0 aliphatic carbocycles. The normalized spacial score (nSPS) is 12.7. The average molecular weight is 431 g/mol. The highest BCUT2D eigenvalue weighted by molar-refractivity contribution is 5.76. The van der Waals surface area contributed by atoms with Crippen LogP contribution in [0.4, 0.5) is 4.39 Å². The van der Waals surface area contributed by atoms with E-state index in [2.05, 4.69) is 20.2 Å². The zero-order chi connectivity index (χ0) is 22.1. The monoisotopic (exact) mass is 431 g/mol. The highest BCUT2D eigenvalue weighted by atomic mass is 19.1. The Morgan fingerprint density at radius 2 is 2.03 bits per heavy atom. The van der Waals surface area contributed by atoms with E-state index in [0.29, 0.717) is 43.5 Å². The molecule has 0 N–H and O–H groups in total. The fourth-order valence-electron chi connectivity index (χ4n) is 4.11. The molecule has 1 aromatic carbocycles. The third-order valence-corrected chi connectivity index (χ3v) is 5.82. The molecule has 4 heterocycles. The Kier molecular flexibility index (Phi) is 5.34. The third kappa shape index (κ3) is 3.84. The van der Waals surface area contributed by atoms with Crippen LogP contribution in [0.15, 0.2) is 43.0 Å². The van der Waals surface area contributed by atoms with E-state index in [1.165, 1.54) is 6.07 Å². The van der Waals surface area contributed by atoms with Crippen LogP contribution in [-0.4, -0.2) is 37.0 Å². The van der Waals surface area contributed by atoms with Crippen LogP contribution in [-0.2, 0) is 30.5 Å². The number of nitrogens with zero attached hydrogens (tertiary/aromatic N) is 5.